The lowest BCUT2D eigenvalue weighted by Crippen LogP contribution is -2.31. The van der Waals surface area contributed by atoms with Crippen LogP contribution in [-0.2, 0) is 6.61 Å². The summed E-state index contributed by atoms with van der Waals surface area (Å²) in [5, 5.41) is 8.60. The molecule has 0 atom stereocenters. The maximum atomic E-state index is 6.14. The Kier molecular flexibility index (Phi) is 7.73. The Labute approximate surface area is 162 Å². The van der Waals surface area contributed by atoms with Crippen molar-refractivity contribution in [3.05, 3.63) is 76.3 Å². The smallest absolute Gasteiger partial charge is 0.187 e. The third-order valence-electron chi connectivity index (χ3n) is 3.05. The summed E-state index contributed by atoms with van der Waals surface area (Å²) in [6, 6.07) is 12.9. The first-order valence-electron chi connectivity index (χ1n) is 7.43. The number of benzene rings is 2. The topological polar surface area (TPSA) is 45.7 Å². The lowest BCUT2D eigenvalue weighted by atomic mass is 10.2. The molecule has 4 nitrogen and oxygen atoms in total. The van der Waals surface area contributed by atoms with Crippen molar-refractivity contribution in [2.24, 2.45) is 5.10 Å². The highest BCUT2D eigenvalue weighted by Crippen LogP contribution is 2.22. The number of hydrogen-bond acceptors (Lipinski definition) is 3. The molecule has 0 aliphatic carbocycles. The van der Waals surface area contributed by atoms with Crippen molar-refractivity contribution in [2.75, 3.05) is 6.54 Å². The van der Waals surface area contributed by atoms with Crippen LogP contribution >= 0.6 is 35.4 Å². The Bertz CT molecular complexity index is 781. The highest BCUT2D eigenvalue weighted by atomic mass is 35.5. The minimum absolute atomic E-state index is 0.352. The molecule has 2 rings (SSSR count). The van der Waals surface area contributed by atoms with Gasteiger partial charge in [-0.05, 0) is 42.0 Å². The highest BCUT2D eigenvalue weighted by Gasteiger charge is 2.03. The van der Waals surface area contributed by atoms with E-state index in [1.54, 1.807) is 24.4 Å². The molecule has 0 aliphatic heterocycles. The van der Waals surface area contributed by atoms with E-state index in [4.69, 9.17) is 40.2 Å². The third-order valence-corrected chi connectivity index (χ3v) is 3.88. The van der Waals surface area contributed by atoms with Crippen molar-refractivity contribution < 1.29 is 4.74 Å². The fraction of sp³-hybridized carbons (Fsp3) is 0.111. The molecule has 0 heterocycles. The second-order valence-electron chi connectivity index (χ2n) is 4.97. The molecule has 0 bridgehead atoms. The van der Waals surface area contributed by atoms with E-state index in [2.05, 4.69) is 22.4 Å². The van der Waals surface area contributed by atoms with E-state index in [1.165, 1.54) is 0 Å². The Morgan fingerprint density at radius 1 is 1.24 bits per heavy atom. The maximum Gasteiger partial charge on any atom is 0.187 e. The Morgan fingerprint density at radius 2 is 2.08 bits per heavy atom. The molecule has 0 fully saturated rings. The molecular formula is C18H17Cl2N3OS. The van der Waals surface area contributed by atoms with Gasteiger partial charge in [-0.15, -0.1) is 6.58 Å². The van der Waals surface area contributed by atoms with Crippen LogP contribution in [0.2, 0.25) is 10.0 Å². The minimum Gasteiger partial charge on any atom is -0.489 e. The quantitative estimate of drug-likeness (QED) is 0.313. The fourth-order valence-electron chi connectivity index (χ4n) is 1.85. The van der Waals surface area contributed by atoms with Crippen molar-refractivity contribution >= 4 is 46.7 Å². The number of ether oxygens (including phenoxy) is 1. The van der Waals surface area contributed by atoms with Crippen LogP contribution < -0.4 is 15.5 Å². The van der Waals surface area contributed by atoms with E-state index in [-0.39, 0.29) is 0 Å². The van der Waals surface area contributed by atoms with Gasteiger partial charge in [0.2, 0.25) is 0 Å². The zero-order valence-corrected chi connectivity index (χ0v) is 15.7. The van der Waals surface area contributed by atoms with Crippen LogP contribution in [0.3, 0.4) is 0 Å². The molecule has 2 aromatic rings. The van der Waals surface area contributed by atoms with Crippen LogP contribution in [-0.4, -0.2) is 17.9 Å². The monoisotopic (exact) mass is 393 g/mol. The normalized spacial score (nSPS) is 10.5. The Hall–Kier alpha value is -2.08. The van der Waals surface area contributed by atoms with Gasteiger partial charge in [0.05, 0.1) is 6.21 Å². The van der Waals surface area contributed by atoms with Crippen LogP contribution in [0.5, 0.6) is 5.75 Å². The van der Waals surface area contributed by atoms with Gasteiger partial charge in [0.15, 0.2) is 5.11 Å². The minimum atomic E-state index is 0.352. The molecule has 0 aromatic heterocycles. The molecule has 0 saturated heterocycles. The summed E-state index contributed by atoms with van der Waals surface area (Å²) in [6.45, 7) is 4.54. The first-order valence-corrected chi connectivity index (χ1v) is 8.59. The molecular weight excluding hydrogens is 377 g/mol. The van der Waals surface area contributed by atoms with Gasteiger partial charge in [-0.3, -0.25) is 5.43 Å². The molecule has 0 spiro atoms. The molecule has 7 heteroatoms. The molecule has 2 aromatic carbocycles. The second-order valence-corrected chi connectivity index (χ2v) is 6.22. The first kappa shape index (κ1) is 19.2. The van der Waals surface area contributed by atoms with Crippen LogP contribution in [0.1, 0.15) is 11.1 Å². The Morgan fingerprint density at radius 3 is 2.84 bits per heavy atom. The van der Waals surface area contributed by atoms with Crippen LogP contribution in [0.15, 0.2) is 60.2 Å². The average Bonchev–Trinajstić information content (AvgIpc) is 2.59. The molecule has 0 aliphatic rings. The summed E-state index contributed by atoms with van der Waals surface area (Å²) >= 11 is 17.1. The first-order chi connectivity index (χ1) is 12.1. The van der Waals surface area contributed by atoms with Gasteiger partial charge in [-0.25, -0.2) is 0 Å². The number of thiocarbonyl (C=S) groups is 1. The summed E-state index contributed by atoms with van der Waals surface area (Å²) < 4.78 is 5.78. The predicted molar refractivity (Wildman–Crippen MR) is 109 cm³/mol. The zero-order chi connectivity index (χ0) is 18.1. The molecule has 0 saturated carbocycles. The van der Waals surface area contributed by atoms with E-state index < -0.39 is 0 Å². The summed E-state index contributed by atoms with van der Waals surface area (Å²) in [5.41, 5.74) is 4.47. The predicted octanol–water partition coefficient (Wildman–Crippen LogP) is 4.56. The lowest BCUT2D eigenvalue weighted by Gasteiger charge is -2.08. The molecule has 0 unspecified atom stereocenters. The number of nitrogens with zero attached hydrogens (tertiary/aromatic N) is 1. The van der Waals surface area contributed by atoms with Gasteiger partial charge < -0.3 is 10.1 Å². The summed E-state index contributed by atoms with van der Waals surface area (Å²) in [7, 11) is 0. The summed E-state index contributed by atoms with van der Waals surface area (Å²) in [4.78, 5) is 0. The van der Waals surface area contributed by atoms with Gasteiger partial charge in [-0.1, -0.05) is 47.5 Å². The molecule has 25 heavy (non-hydrogen) atoms. The van der Waals surface area contributed by atoms with E-state index in [9.17, 15) is 0 Å². The molecule has 0 radical (unpaired) electrons. The van der Waals surface area contributed by atoms with Crippen LogP contribution in [0.25, 0.3) is 0 Å². The lowest BCUT2D eigenvalue weighted by molar-refractivity contribution is 0.306. The van der Waals surface area contributed by atoms with Gasteiger partial charge in [0, 0.05) is 22.2 Å². The van der Waals surface area contributed by atoms with Gasteiger partial charge in [0.1, 0.15) is 12.4 Å². The Balaban J connectivity index is 1.92. The van der Waals surface area contributed by atoms with Crippen LogP contribution in [0.4, 0.5) is 0 Å². The van der Waals surface area contributed by atoms with E-state index in [0.717, 1.165) is 11.1 Å². The molecule has 130 valence electrons. The summed E-state index contributed by atoms with van der Waals surface area (Å²) in [5.74, 6) is 0.710. The van der Waals surface area contributed by atoms with Gasteiger partial charge in [-0.2, -0.15) is 5.10 Å². The van der Waals surface area contributed by atoms with Crippen molar-refractivity contribution in [1.82, 2.24) is 10.7 Å². The number of hydrogen-bond donors (Lipinski definition) is 2. The number of halogens is 2. The van der Waals surface area contributed by atoms with Crippen LogP contribution in [0, 0.1) is 0 Å². The largest absolute Gasteiger partial charge is 0.489 e. The summed E-state index contributed by atoms with van der Waals surface area (Å²) in [6.07, 6.45) is 3.37. The average molecular weight is 394 g/mol. The van der Waals surface area contributed by atoms with Gasteiger partial charge in [0.25, 0.3) is 0 Å². The van der Waals surface area contributed by atoms with Crippen molar-refractivity contribution in [1.29, 1.82) is 0 Å². The highest BCUT2D eigenvalue weighted by molar-refractivity contribution is 7.80. The number of rotatable bonds is 7. The standard InChI is InChI=1S/C18H17Cl2N3OS/c1-2-8-21-18(25)23-22-11-13-4-3-5-16(9-13)24-12-14-6-7-15(19)10-17(14)20/h2-7,9-11H,1,8,12H2,(H2,21,23,25)/b22-11-. The fourth-order valence-corrected chi connectivity index (χ4v) is 2.45. The van der Waals surface area contributed by atoms with E-state index >= 15 is 0 Å². The van der Waals surface area contributed by atoms with E-state index in [1.807, 2.05) is 30.3 Å². The van der Waals surface area contributed by atoms with Gasteiger partial charge >= 0.3 is 0 Å². The van der Waals surface area contributed by atoms with E-state index in [0.29, 0.717) is 34.1 Å². The number of nitrogens with one attached hydrogen (secondary N) is 2. The van der Waals surface area contributed by atoms with Crippen molar-refractivity contribution in [2.45, 2.75) is 6.61 Å². The maximum absolute atomic E-state index is 6.14. The molecule has 0 amide bonds. The SMILES string of the molecule is C=CCNC(=S)N/N=C\c1cccc(OCc2ccc(Cl)cc2Cl)c1. The third kappa shape index (κ3) is 6.74. The molecule has 2 N–H and O–H groups in total. The zero-order valence-electron chi connectivity index (χ0n) is 13.3. The number of hydrazone groups is 1. The van der Waals surface area contributed by atoms with Crippen molar-refractivity contribution in [3.8, 4) is 5.75 Å². The second kappa shape index (κ2) is 10.0. The van der Waals surface area contributed by atoms with Crippen molar-refractivity contribution in [3.63, 3.8) is 0 Å².